The number of urea groups is 1. The summed E-state index contributed by atoms with van der Waals surface area (Å²) in [5.74, 6) is -0.169. The Balaban J connectivity index is 1.97. The summed E-state index contributed by atoms with van der Waals surface area (Å²) in [5, 5.41) is 8.87. The predicted octanol–water partition coefficient (Wildman–Crippen LogP) is 2.17. The first-order valence-electron chi connectivity index (χ1n) is 7.32. The molecule has 1 unspecified atom stereocenters. The van der Waals surface area contributed by atoms with Crippen LogP contribution in [-0.4, -0.2) is 52.1 Å². The molecule has 0 aromatic rings. The van der Waals surface area contributed by atoms with Gasteiger partial charge in [-0.1, -0.05) is 0 Å². The first-order valence-corrected chi connectivity index (χ1v) is 7.32. The van der Waals surface area contributed by atoms with Crippen molar-refractivity contribution in [1.29, 1.82) is 0 Å². The number of hydrogen-bond donors (Lipinski definition) is 1. The molecular formula is C14H24N2O3. The van der Waals surface area contributed by atoms with E-state index in [9.17, 15) is 9.59 Å². The number of carboxylic acid groups (broad SMARTS) is 1. The van der Waals surface area contributed by atoms with Gasteiger partial charge in [0.1, 0.15) is 0 Å². The Bertz CT molecular complexity index is 351. The van der Waals surface area contributed by atoms with Gasteiger partial charge in [0.25, 0.3) is 0 Å². The highest BCUT2D eigenvalue weighted by Crippen LogP contribution is 2.35. The third kappa shape index (κ3) is 3.85. The Hall–Kier alpha value is -1.26. The van der Waals surface area contributed by atoms with E-state index < -0.39 is 5.97 Å². The number of rotatable bonds is 7. The molecule has 0 aromatic heterocycles. The zero-order valence-corrected chi connectivity index (χ0v) is 11.8. The topological polar surface area (TPSA) is 60.9 Å². The maximum Gasteiger partial charge on any atom is 0.320 e. The summed E-state index contributed by atoms with van der Waals surface area (Å²) in [6.07, 6.45) is 4.68. The van der Waals surface area contributed by atoms with Gasteiger partial charge >= 0.3 is 12.0 Å². The molecule has 2 rings (SSSR count). The van der Waals surface area contributed by atoms with E-state index in [4.69, 9.17) is 5.11 Å². The van der Waals surface area contributed by atoms with E-state index in [0.29, 0.717) is 18.5 Å². The predicted molar refractivity (Wildman–Crippen MR) is 71.9 cm³/mol. The smallest absolute Gasteiger partial charge is 0.320 e. The molecule has 0 aliphatic heterocycles. The summed E-state index contributed by atoms with van der Waals surface area (Å²) in [6.45, 7) is 5.16. The van der Waals surface area contributed by atoms with E-state index in [-0.39, 0.29) is 18.5 Å². The molecule has 1 N–H and O–H groups in total. The van der Waals surface area contributed by atoms with Gasteiger partial charge in [-0.2, -0.15) is 0 Å². The van der Waals surface area contributed by atoms with Gasteiger partial charge in [-0.3, -0.25) is 4.79 Å². The molecule has 1 atom stereocenters. The van der Waals surface area contributed by atoms with Crippen molar-refractivity contribution in [3.63, 3.8) is 0 Å². The number of carboxylic acids is 1. The molecule has 2 aliphatic carbocycles. The lowest BCUT2D eigenvalue weighted by atomic mass is 10.2. The molecule has 0 radical (unpaired) electrons. The molecule has 19 heavy (non-hydrogen) atoms. The third-order valence-corrected chi connectivity index (χ3v) is 3.97. The SMILES string of the molecule is CCN(C(=O)N(CC1CC1)C1CC1)C(C)CC(=O)O. The number of carbonyl (C=O) groups is 2. The Morgan fingerprint density at radius 1 is 1.26 bits per heavy atom. The quantitative estimate of drug-likeness (QED) is 0.769. The molecule has 0 heterocycles. The van der Waals surface area contributed by atoms with Crippen LogP contribution in [0.3, 0.4) is 0 Å². The Morgan fingerprint density at radius 3 is 2.32 bits per heavy atom. The molecule has 2 amide bonds. The van der Waals surface area contributed by atoms with E-state index >= 15 is 0 Å². The molecule has 5 heteroatoms. The van der Waals surface area contributed by atoms with Crippen LogP contribution >= 0.6 is 0 Å². The van der Waals surface area contributed by atoms with Crippen molar-refractivity contribution in [3.8, 4) is 0 Å². The van der Waals surface area contributed by atoms with Crippen molar-refractivity contribution in [1.82, 2.24) is 9.80 Å². The average Bonchev–Trinajstić information content (AvgIpc) is 3.19. The van der Waals surface area contributed by atoms with Gasteiger partial charge in [0, 0.05) is 25.2 Å². The van der Waals surface area contributed by atoms with Gasteiger partial charge in [0.15, 0.2) is 0 Å². The van der Waals surface area contributed by atoms with Gasteiger partial charge in [-0.25, -0.2) is 4.79 Å². The summed E-state index contributed by atoms with van der Waals surface area (Å²) in [4.78, 5) is 27.1. The van der Waals surface area contributed by atoms with Crippen molar-refractivity contribution in [3.05, 3.63) is 0 Å². The van der Waals surface area contributed by atoms with Gasteiger partial charge in [0.05, 0.1) is 6.42 Å². The third-order valence-electron chi connectivity index (χ3n) is 3.97. The number of nitrogens with zero attached hydrogens (tertiary/aromatic N) is 2. The minimum Gasteiger partial charge on any atom is -0.481 e. The first kappa shape index (κ1) is 14.2. The van der Waals surface area contributed by atoms with Crippen molar-refractivity contribution in [2.24, 2.45) is 5.92 Å². The van der Waals surface area contributed by atoms with E-state index in [1.54, 1.807) is 4.90 Å². The molecule has 2 fully saturated rings. The highest BCUT2D eigenvalue weighted by atomic mass is 16.4. The number of carbonyl (C=O) groups excluding carboxylic acids is 1. The van der Waals surface area contributed by atoms with Crippen LogP contribution in [0.5, 0.6) is 0 Å². The molecule has 2 aliphatic rings. The second-order valence-electron chi connectivity index (χ2n) is 5.84. The second kappa shape index (κ2) is 5.80. The summed E-state index contributed by atoms with van der Waals surface area (Å²) in [7, 11) is 0. The van der Waals surface area contributed by atoms with Crippen LogP contribution in [0.4, 0.5) is 4.79 Å². The van der Waals surface area contributed by atoms with Crippen molar-refractivity contribution in [2.45, 2.75) is 58.0 Å². The van der Waals surface area contributed by atoms with Gasteiger partial charge in [-0.15, -0.1) is 0 Å². The van der Waals surface area contributed by atoms with Crippen molar-refractivity contribution in [2.75, 3.05) is 13.1 Å². The second-order valence-corrected chi connectivity index (χ2v) is 5.84. The summed E-state index contributed by atoms with van der Waals surface area (Å²) < 4.78 is 0. The molecule has 0 bridgehead atoms. The first-order chi connectivity index (χ1) is 9.02. The van der Waals surface area contributed by atoms with Gasteiger partial charge < -0.3 is 14.9 Å². The van der Waals surface area contributed by atoms with Crippen molar-refractivity contribution < 1.29 is 14.7 Å². The normalized spacial score (nSPS) is 19.9. The Labute approximate surface area is 114 Å². The summed E-state index contributed by atoms with van der Waals surface area (Å²) in [6, 6.07) is 0.195. The number of aliphatic carboxylic acids is 1. The zero-order valence-electron chi connectivity index (χ0n) is 11.8. The number of amides is 2. The lowest BCUT2D eigenvalue weighted by Crippen LogP contribution is -2.49. The largest absolute Gasteiger partial charge is 0.481 e. The standard InChI is InChI=1S/C14H24N2O3/c1-3-15(10(2)8-13(17)18)14(19)16(12-6-7-12)9-11-4-5-11/h10-12H,3-9H2,1-2H3,(H,17,18). The Kier molecular flexibility index (Phi) is 4.32. The lowest BCUT2D eigenvalue weighted by molar-refractivity contribution is -0.138. The van der Waals surface area contributed by atoms with Crippen molar-refractivity contribution >= 4 is 12.0 Å². The monoisotopic (exact) mass is 268 g/mol. The van der Waals surface area contributed by atoms with E-state index in [1.165, 1.54) is 12.8 Å². The van der Waals surface area contributed by atoms with E-state index in [0.717, 1.165) is 19.4 Å². The molecule has 0 spiro atoms. The maximum atomic E-state index is 12.6. The molecule has 0 aromatic carbocycles. The minimum atomic E-state index is -0.848. The molecule has 108 valence electrons. The van der Waals surface area contributed by atoms with Crippen LogP contribution in [0.15, 0.2) is 0 Å². The van der Waals surface area contributed by atoms with Crippen LogP contribution in [0.2, 0.25) is 0 Å². The van der Waals surface area contributed by atoms with Crippen LogP contribution in [0.25, 0.3) is 0 Å². The van der Waals surface area contributed by atoms with Crippen LogP contribution < -0.4 is 0 Å². The summed E-state index contributed by atoms with van der Waals surface area (Å²) >= 11 is 0. The molecule has 2 saturated carbocycles. The minimum absolute atomic E-state index is 0.0154. The fourth-order valence-corrected chi connectivity index (χ4v) is 2.51. The van der Waals surface area contributed by atoms with Crippen LogP contribution in [0.1, 0.15) is 46.0 Å². The van der Waals surface area contributed by atoms with Gasteiger partial charge in [0.2, 0.25) is 0 Å². The molecular weight excluding hydrogens is 244 g/mol. The van der Waals surface area contributed by atoms with Crippen LogP contribution in [0, 0.1) is 5.92 Å². The summed E-state index contributed by atoms with van der Waals surface area (Å²) in [5.41, 5.74) is 0. The average molecular weight is 268 g/mol. The highest BCUT2D eigenvalue weighted by molar-refractivity contribution is 5.76. The Morgan fingerprint density at radius 2 is 1.89 bits per heavy atom. The number of hydrogen-bond acceptors (Lipinski definition) is 2. The lowest BCUT2D eigenvalue weighted by Gasteiger charge is -2.33. The zero-order chi connectivity index (χ0) is 14.0. The molecule has 5 nitrogen and oxygen atoms in total. The van der Waals surface area contributed by atoms with Gasteiger partial charge in [-0.05, 0) is 45.4 Å². The van der Waals surface area contributed by atoms with E-state index in [1.807, 2.05) is 18.7 Å². The van der Waals surface area contributed by atoms with Crippen LogP contribution in [-0.2, 0) is 4.79 Å². The molecule has 0 saturated heterocycles. The maximum absolute atomic E-state index is 12.6. The fourth-order valence-electron chi connectivity index (χ4n) is 2.51. The van der Waals surface area contributed by atoms with E-state index in [2.05, 4.69) is 0 Å². The highest BCUT2D eigenvalue weighted by Gasteiger charge is 2.39. The fraction of sp³-hybridized carbons (Fsp3) is 0.857.